The zero-order chi connectivity index (χ0) is 19.8. The lowest BCUT2D eigenvalue weighted by atomic mass is 10.1. The molecule has 0 fully saturated rings. The van der Waals surface area contributed by atoms with Gasteiger partial charge in [-0.2, -0.15) is 11.8 Å². The van der Waals surface area contributed by atoms with Gasteiger partial charge in [-0.05, 0) is 43.0 Å². The molecule has 6 heteroatoms. The van der Waals surface area contributed by atoms with E-state index in [2.05, 4.69) is 0 Å². The van der Waals surface area contributed by atoms with Crippen molar-refractivity contribution in [2.45, 2.75) is 53.4 Å². The summed E-state index contributed by atoms with van der Waals surface area (Å²) in [5.74, 6) is -1.36. The molecular formula is C19H31NO4S. The molecular weight excluding hydrogens is 338 g/mol. The minimum atomic E-state index is -0.807. The van der Waals surface area contributed by atoms with Gasteiger partial charge < -0.3 is 5.11 Å². The monoisotopic (exact) mass is 369 g/mol. The Bertz CT molecular complexity index is 515. The van der Waals surface area contributed by atoms with E-state index in [9.17, 15) is 14.4 Å². The fourth-order valence-electron chi connectivity index (χ4n) is 1.91. The van der Waals surface area contributed by atoms with E-state index in [4.69, 9.17) is 5.11 Å². The second-order valence-corrected chi connectivity index (χ2v) is 5.74. The molecule has 0 aromatic heterocycles. The lowest BCUT2D eigenvalue weighted by Gasteiger charge is -2.18. The molecule has 0 heterocycles. The first kappa shape index (κ1) is 25.4. The Balaban J connectivity index is 0. The molecule has 0 aliphatic heterocycles. The summed E-state index contributed by atoms with van der Waals surface area (Å²) in [7, 11) is 0. The van der Waals surface area contributed by atoms with E-state index in [0.717, 1.165) is 10.5 Å². The Kier molecular flexibility index (Phi) is 16.0. The number of anilines is 1. The number of carbonyl (C=O) groups excluding carboxylic acids is 2. The Morgan fingerprint density at radius 2 is 1.56 bits per heavy atom. The number of hydrogen-bond acceptors (Lipinski definition) is 4. The first-order chi connectivity index (χ1) is 11.9. The van der Waals surface area contributed by atoms with E-state index in [0.29, 0.717) is 18.5 Å². The largest absolute Gasteiger partial charge is 0.481 e. The number of amides is 2. The van der Waals surface area contributed by atoms with Gasteiger partial charge in [0.15, 0.2) is 0 Å². The summed E-state index contributed by atoms with van der Waals surface area (Å²) in [6, 6.07) is 7.06. The maximum absolute atomic E-state index is 11.7. The van der Waals surface area contributed by atoms with E-state index in [1.165, 1.54) is 6.92 Å². The fourth-order valence-corrected chi connectivity index (χ4v) is 1.91. The van der Waals surface area contributed by atoms with Gasteiger partial charge in [0.25, 0.3) is 0 Å². The van der Waals surface area contributed by atoms with Gasteiger partial charge in [0.05, 0.1) is 5.69 Å². The SMILES string of the molecule is CC.CCC(=O)N(C(C)=O)c1ccc(CCCC(=O)O)cc1.CSC. The number of carboxylic acid groups (broad SMARTS) is 1. The molecule has 0 atom stereocenters. The summed E-state index contributed by atoms with van der Waals surface area (Å²) >= 11 is 1.75. The molecule has 142 valence electrons. The first-order valence-corrected chi connectivity index (χ1v) is 10.0. The standard InChI is InChI=1S/C15H19NO4.C2H6S.C2H6/c1-3-14(18)16(11(2)17)13-9-7-12(8-10-13)5-4-6-15(19)20;1-3-2;1-2/h7-10H,3-6H2,1-2H3,(H,19,20);1-2H3;1-2H3. The van der Waals surface area contributed by atoms with Crippen LogP contribution in [0.2, 0.25) is 0 Å². The van der Waals surface area contributed by atoms with E-state index < -0.39 is 5.97 Å². The van der Waals surface area contributed by atoms with Crippen LogP contribution in [-0.2, 0) is 20.8 Å². The highest BCUT2D eigenvalue weighted by atomic mass is 32.2. The third-order valence-electron chi connectivity index (χ3n) is 2.92. The number of thioether (sulfide) groups is 1. The lowest BCUT2D eigenvalue weighted by Crippen LogP contribution is -2.34. The van der Waals surface area contributed by atoms with E-state index in [1.807, 2.05) is 38.5 Å². The van der Waals surface area contributed by atoms with Crippen molar-refractivity contribution in [2.75, 3.05) is 17.4 Å². The average molecular weight is 370 g/mol. The molecule has 5 nitrogen and oxygen atoms in total. The van der Waals surface area contributed by atoms with E-state index >= 15 is 0 Å². The summed E-state index contributed by atoms with van der Waals surface area (Å²) < 4.78 is 0. The summed E-state index contributed by atoms with van der Waals surface area (Å²) in [6.45, 7) is 7.06. The number of aryl methyl sites for hydroxylation is 1. The van der Waals surface area contributed by atoms with Gasteiger partial charge in [-0.1, -0.05) is 32.9 Å². The van der Waals surface area contributed by atoms with Crippen LogP contribution in [0, 0.1) is 0 Å². The van der Waals surface area contributed by atoms with Crippen LogP contribution in [0.15, 0.2) is 24.3 Å². The first-order valence-electron chi connectivity index (χ1n) is 8.41. The van der Waals surface area contributed by atoms with Gasteiger partial charge in [-0.3, -0.25) is 19.3 Å². The molecule has 0 radical (unpaired) electrons. The number of benzene rings is 1. The maximum atomic E-state index is 11.7. The fraction of sp³-hybridized carbons (Fsp3) is 0.526. The number of imide groups is 1. The maximum Gasteiger partial charge on any atom is 0.303 e. The van der Waals surface area contributed by atoms with Gasteiger partial charge in [-0.25, -0.2) is 0 Å². The topological polar surface area (TPSA) is 74.7 Å². The second kappa shape index (κ2) is 15.7. The quantitative estimate of drug-likeness (QED) is 0.805. The van der Waals surface area contributed by atoms with Gasteiger partial charge in [0.2, 0.25) is 11.8 Å². The molecule has 0 aliphatic carbocycles. The van der Waals surface area contributed by atoms with E-state index in [1.54, 1.807) is 30.8 Å². The van der Waals surface area contributed by atoms with Crippen LogP contribution >= 0.6 is 11.8 Å². The molecule has 1 aromatic carbocycles. The highest BCUT2D eigenvalue weighted by molar-refractivity contribution is 7.97. The van der Waals surface area contributed by atoms with Crippen molar-refractivity contribution in [3.05, 3.63) is 29.8 Å². The van der Waals surface area contributed by atoms with Gasteiger partial charge in [0, 0.05) is 19.8 Å². The van der Waals surface area contributed by atoms with Crippen molar-refractivity contribution in [1.82, 2.24) is 0 Å². The highest BCUT2D eigenvalue weighted by Crippen LogP contribution is 2.18. The lowest BCUT2D eigenvalue weighted by molar-refractivity contribution is -0.137. The average Bonchev–Trinajstić information content (AvgIpc) is 2.58. The van der Waals surface area contributed by atoms with E-state index in [-0.39, 0.29) is 24.7 Å². The zero-order valence-electron chi connectivity index (χ0n) is 16.2. The number of carbonyl (C=O) groups is 3. The number of hydrogen-bond donors (Lipinski definition) is 1. The molecule has 0 bridgehead atoms. The zero-order valence-corrected chi connectivity index (χ0v) is 17.0. The van der Waals surface area contributed by atoms with Gasteiger partial charge in [-0.15, -0.1) is 0 Å². The summed E-state index contributed by atoms with van der Waals surface area (Å²) in [5, 5.41) is 8.58. The molecule has 0 saturated heterocycles. The molecule has 0 spiro atoms. The van der Waals surface area contributed by atoms with Crippen molar-refractivity contribution >= 4 is 35.2 Å². The van der Waals surface area contributed by atoms with Gasteiger partial charge in [0.1, 0.15) is 0 Å². The van der Waals surface area contributed by atoms with Crippen LogP contribution in [0.4, 0.5) is 5.69 Å². The number of rotatable bonds is 6. The summed E-state index contributed by atoms with van der Waals surface area (Å²) in [4.78, 5) is 34.8. The van der Waals surface area contributed by atoms with Crippen molar-refractivity contribution in [3.8, 4) is 0 Å². The van der Waals surface area contributed by atoms with Crippen molar-refractivity contribution in [2.24, 2.45) is 0 Å². The number of aliphatic carboxylic acids is 1. The van der Waals surface area contributed by atoms with Gasteiger partial charge >= 0.3 is 5.97 Å². The summed E-state index contributed by atoms with van der Waals surface area (Å²) in [6.07, 6.45) is 5.71. The molecule has 2 amide bonds. The molecule has 1 rings (SSSR count). The molecule has 0 aliphatic rings. The predicted molar refractivity (Wildman–Crippen MR) is 106 cm³/mol. The molecule has 0 saturated carbocycles. The molecule has 1 N–H and O–H groups in total. The molecule has 0 unspecified atom stereocenters. The van der Waals surface area contributed by atoms with Crippen molar-refractivity contribution < 1.29 is 19.5 Å². The third-order valence-corrected chi connectivity index (χ3v) is 2.92. The predicted octanol–water partition coefficient (Wildman–Crippen LogP) is 4.39. The minimum absolute atomic E-state index is 0.135. The van der Waals surface area contributed by atoms with Crippen LogP contribution in [0.25, 0.3) is 0 Å². The van der Waals surface area contributed by atoms with Crippen LogP contribution in [0.1, 0.15) is 52.5 Å². The van der Waals surface area contributed by atoms with Crippen molar-refractivity contribution in [1.29, 1.82) is 0 Å². The highest BCUT2D eigenvalue weighted by Gasteiger charge is 2.17. The summed E-state index contributed by atoms with van der Waals surface area (Å²) in [5.41, 5.74) is 1.54. The molecule has 1 aromatic rings. The minimum Gasteiger partial charge on any atom is -0.481 e. The Hall–Kier alpha value is -1.82. The molecule has 25 heavy (non-hydrogen) atoms. The third kappa shape index (κ3) is 11.4. The Morgan fingerprint density at radius 1 is 1.08 bits per heavy atom. The second-order valence-electron chi connectivity index (χ2n) is 4.92. The smallest absolute Gasteiger partial charge is 0.303 e. The normalized spacial score (nSPS) is 9.04. The van der Waals surface area contributed by atoms with Crippen LogP contribution in [-0.4, -0.2) is 35.4 Å². The number of nitrogens with zero attached hydrogens (tertiary/aromatic N) is 1. The Labute approximate surface area is 155 Å². The van der Waals surface area contributed by atoms with Crippen LogP contribution < -0.4 is 4.90 Å². The van der Waals surface area contributed by atoms with Crippen LogP contribution in [0.3, 0.4) is 0 Å². The van der Waals surface area contributed by atoms with Crippen LogP contribution in [0.5, 0.6) is 0 Å². The Morgan fingerprint density at radius 3 is 1.92 bits per heavy atom. The van der Waals surface area contributed by atoms with Crippen molar-refractivity contribution in [3.63, 3.8) is 0 Å². The number of carboxylic acids is 1.